The van der Waals surface area contributed by atoms with Crippen LogP contribution in [0.4, 0.5) is 9.59 Å². The quantitative estimate of drug-likeness (QED) is 0.127. The fourth-order valence-electron chi connectivity index (χ4n) is 5.81. The molecule has 0 saturated heterocycles. The molecule has 242 valence electrons. The van der Waals surface area contributed by atoms with Crippen LogP contribution in [0.5, 0.6) is 0 Å². The van der Waals surface area contributed by atoms with E-state index < -0.39 is 35.3 Å². The van der Waals surface area contributed by atoms with E-state index in [1.807, 2.05) is 41.5 Å². The van der Waals surface area contributed by atoms with Gasteiger partial charge in [-0.3, -0.25) is 9.59 Å². The SMILES string of the molecule is CC(C)(C)OC(=O)NC(CSSCC(CC1CCCC(C(=O)O)C1)NC(=O)OC(C)(C)C)CC1CCCC(C(=O)O)C1. The molecular weight excluding hydrogens is 580 g/mol. The molecule has 12 heteroatoms. The molecular formula is C30H52N2O8S2. The molecule has 0 radical (unpaired) electrons. The van der Waals surface area contributed by atoms with Crippen molar-refractivity contribution in [3.8, 4) is 0 Å². The number of alkyl carbamates (subject to hydrolysis) is 2. The van der Waals surface area contributed by atoms with Gasteiger partial charge in [0, 0.05) is 23.6 Å². The molecule has 6 unspecified atom stereocenters. The van der Waals surface area contributed by atoms with Crippen molar-refractivity contribution in [1.29, 1.82) is 0 Å². The summed E-state index contributed by atoms with van der Waals surface area (Å²) in [6, 6.07) is -0.386. The van der Waals surface area contributed by atoms with Crippen molar-refractivity contribution in [3.63, 3.8) is 0 Å². The highest BCUT2D eigenvalue weighted by Crippen LogP contribution is 2.35. The smallest absolute Gasteiger partial charge is 0.407 e. The van der Waals surface area contributed by atoms with Gasteiger partial charge in [-0.15, -0.1) is 0 Å². The normalized spacial score (nSPS) is 24.6. The number of carboxylic acids is 2. The average molecular weight is 633 g/mol. The Balaban J connectivity index is 2.00. The van der Waals surface area contributed by atoms with Crippen LogP contribution in [0, 0.1) is 23.7 Å². The molecule has 0 aromatic carbocycles. The molecule has 10 nitrogen and oxygen atoms in total. The van der Waals surface area contributed by atoms with Crippen LogP contribution in [0.3, 0.4) is 0 Å². The zero-order valence-corrected chi connectivity index (χ0v) is 27.7. The summed E-state index contributed by atoms with van der Waals surface area (Å²) in [7, 11) is 3.19. The molecule has 2 rings (SSSR count). The largest absolute Gasteiger partial charge is 0.481 e. The van der Waals surface area contributed by atoms with Gasteiger partial charge in [0.1, 0.15) is 11.2 Å². The van der Waals surface area contributed by atoms with Crippen LogP contribution in [0.15, 0.2) is 0 Å². The van der Waals surface area contributed by atoms with Crippen LogP contribution in [0.2, 0.25) is 0 Å². The average Bonchev–Trinajstić information content (AvgIpc) is 2.84. The molecule has 0 aliphatic heterocycles. The van der Waals surface area contributed by atoms with E-state index in [2.05, 4.69) is 10.6 Å². The summed E-state index contributed by atoms with van der Waals surface area (Å²) in [5.41, 5.74) is -1.26. The summed E-state index contributed by atoms with van der Waals surface area (Å²) < 4.78 is 11.0. The van der Waals surface area contributed by atoms with Gasteiger partial charge >= 0.3 is 24.1 Å². The highest BCUT2D eigenvalue weighted by molar-refractivity contribution is 8.76. The van der Waals surface area contributed by atoms with E-state index in [0.717, 1.165) is 25.7 Å². The van der Waals surface area contributed by atoms with Crippen LogP contribution in [0.25, 0.3) is 0 Å². The molecule has 0 aromatic rings. The minimum absolute atomic E-state index is 0.193. The summed E-state index contributed by atoms with van der Waals surface area (Å²) >= 11 is 0. The van der Waals surface area contributed by atoms with Gasteiger partial charge in [0.15, 0.2) is 0 Å². The zero-order chi connectivity index (χ0) is 31.5. The van der Waals surface area contributed by atoms with E-state index >= 15 is 0 Å². The van der Waals surface area contributed by atoms with E-state index in [1.54, 1.807) is 21.6 Å². The molecule has 6 atom stereocenters. The van der Waals surface area contributed by atoms with Crippen molar-refractivity contribution in [2.24, 2.45) is 23.7 Å². The van der Waals surface area contributed by atoms with Gasteiger partial charge in [0.2, 0.25) is 0 Å². The first-order valence-corrected chi connectivity index (χ1v) is 17.7. The number of ether oxygens (including phenoxy) is 2. The molecule has 0 heterocycles. The second kappa shape index (κ2) is 16.9. The van der Waals surface area contributed by atoms with Crippen LogP contribution >= 0.6 is 21.6 Å². The monoisotopic (exact) mass is 632 g/mol. The Bertz CT molecular complexity index is 833. The van der Waals surface area contributed by atoms with Crippen molar-refractivity contribution in [3.05, 3.63) is 0 Å². The number of aliphatic carboxylic acids is 2. The van der Waals surface area contributed by atoms with E-state index in [1.165, 1.54) is 0 Å². The Morgan fingerprint density at radius 3 is 1.36 bits per heavy atom. The van der Waals surface area contributed by atoms with Crippen molar-refractivity contribution in [2.75, 3.05) is 11.5 Å². The summed E-state index contributed by atoms with van der Waals surface area (Å²) in [5.74, 6) is -0.568. The lowest BCUT2D eigenvalue weighted by Crippen LogP contribution is -2.42. The second-order valence-corrected chi connectivity index (χ2v) is 16.4. The summed E-state index contributed by atoms with van der Waals surface area (Å²) in [6.07, 6.45) is 6.60. The van der Waals surface area contributed by atoms with Gasteiger partial charge < -0.3 is 30.3 Å². The predicted octanol–water partition coefficient (Wildman–Crippen LogP) is 6.72. The molecule has 2 saturated carbocycles. The molecule has 2 aliphatic rings. The molecule has 0 bridgehead atoms. The molecule has 2 fully saturated rings. The second-order valence-electron chi connectivity index (χ2n) is 13.9. The van der Waals surface area contributed by atoms with E-state index in [0.29, 0.717) is 50.0 Å². The lowest BCUT2D eigenvalue weighted by atomic mass is 9.79. The summed E-state index contributed by atoms with van der Waals surface area (Å²) in [5, 5.41) is 25.0. The number of carboxylic acid groups (broad SMARTS) is 2. The van der Waals surface area contributed by atoms with Crippen LogP contribution < -0.4 is 10.6 Å². The Morgan fingerprint density at radius 2 is 1.05 bits per heavy atom. The molecule has 2 aliphatic carbocycles. The fourth-order valence-corrected chi connectivity index (χ4v) is 8.33. The van der Waals surface area contributed by atoms with Crippen molar-refractivity contribution < 1.29 is 38.9 Å². The van der Waals surface area contributed by atoms with E-state index in [4.69, 9.17) is 9.47 Å². The molecule has 2 amide bonds. The number of hydrogen-bond donors (Lipinski definition) is 4. The van der Waals surface area contributed by atoms with Crippen molar-refractivity contribution in [2.45, 2.75) is 129 Å². The van der Waals surface area contributed by atoms with Gasteiger partial charge in [-0.25, -0.2) is 9.59 Å². The van der Waals surface area contributed by atoms with Crippen LogP contribution in [-0.4, -0.2) is 69.1 Å². The van der Waals surface area contributed by atoms with Gasteiger partial charge in [-0.1, -0.05) is 47.3 Å². The predicted molar refractivity (Wildman–Crippen MR) is 167 cm³/mol. The topological polar surface area (TPSA) is 151 Å². The first kappa shape index (κ1) is 36.4. The molecule has 4 N–H and O–H groups in total. The lowest BCUT2D eigenvalue weighted by molar-refractivity contribution is -0.144. The molecule has 42 heavy (non-hydrogen) atoms. The molecule has 0 spiro atoms. The third-order valence-electron chi connectivity index (χ3n) is 7.56. The third-order valence-corrected chi connectivity index (χ3v) is 10.1. The number of carbonyl (C=O) groups excluding carboxylic acids is 2. The number of carbonyl (C=O) groups is 4. The standard InChI is InChI=1S/C30H52N2O8S2/c1-29(2,3)39-27(37)31-23(15-19-9-7-11-21(13-19)25(33)34)17-41-42-18-24(32-28(38)40-30(4,5)6)16-20-10-8-12-22(14-20)26(35)36/h19-24H,7-18H2,1-6H3,(H,31,37)(H,32,38)(H,33,34)(H,35,36). The van der Waals surface area contributed by atoms with Crippen LogP contribution in [0.1, 0.15) is 106 Å². The number of amides is 2. The van der Waals surface area contributed by atoms with Crippen molar-refractivity contribution >= 4 is 45.7 Å². The fraction of sp³-hybridized carbons (Fsp3) is 0.867. The maximum Gasteiger partial charge on any atom is 0.407 e. The summed E-state index contributed by atoms with van der Waals surface area (Å²) in [4.78, 5) is 48.4. The maximum absolute atomic E-state index is 12.6. The highest BCUT2D eigenvalue weighted by Gasteiger charge is 2.31. The number of rotatable bonds is 13. The van der Waals surface area contributed by atoms with Crippen molar-refractivity contribution in [1.82, 2.24) is 10.6 Å². The van der Waals surface area contributed by atoms with Gasteiger partial charge in [-0.05, 0) is 91.9 Å². The van der Waals surface area contributed by atoms with Gasteiger partial charge in [0.25, 0.3) is 0 Å². The number of nitrogens with one attached hydrogen (secondary N) is 2. The minimum Gasteiger partial charge on any atom is -0.481 e. The minimum atomic E-state index is -0.752. The lowest BCUT2D eigenvalue weighted by Gasteiger charge is -2.31. The van der Waals surface area contributed by atoms with Gasteiger partial charge in [0.05, 0.1) is 11.8 Å². The third kappa shape index (κ3) is 15.1. The van der Waals surface area contributed by atoms with E-state index in [9.17, 15) is 29.4 Å². The Morgan fingerprint density at radius 1 is 0.690 bits per heavy atom. The Hall–Kier alpha value is -1.82. The first-order valence-electron chi connectivity index (χ1n) is 15.2. The van der Waals surface area contributed by atoms with E-state index in [-0.39, 0.29) is 35.8 Å². The Labute approximate surface area is 259 Å². The maximum atomic E-state index is 12.6. The zero-order valence-electron chi connectivity index (χ0n) is 26.1. The molecule has 0 aromatic heterocycles. The Kier molecular flexibility index (Phi) is 14.6. The first-order chi connectivity index (χ1) is 19.5. The summed E-state index contributed by atoms with van der Waals surface area (Å²) in [6.45, 7) is 10.9. The van der Waals surface area contributed by atoms with Gasteiger partial charge in [-0.2, -0.15) is 0 Å². The highest BCUT2D eigenvalue weighted by atomic mass is 33.1. The number of hydrogen-bond acceptors (Lipinski definition) is 8. The van der Waals surface area contributed by atoms with Crippen LogP contribution in [-0.2, 0) is 19.1 Å².